The highest BCUT2D eigenvalue weighted by Gasteiger charge is 2.31. The zero-order chi connectivity index (χ0) is 30.0. The van der Waals surface area contributed by atoms with Gasteiger partial charge >= 0.3 is 18.2 Å². The summed E-state index contributed by atoms with van der Waals surface area (Å²) in [6, 6.07) is 16.8. The zero-order valence-corrected chi connectivity index (χ0v) is 23.8. The van der Waals surface area contributed by atoms with Gasteiger partial charge in [0.15, 0.2) is 0 Å². The van der Waals surface area contributed by atoms with Crippen molar-refractivity contribution in [3.63, 3.8) is 0 Å². The van der Waals surface area contributed by atoms with Gasteiger partial charge in [-0.25, -0.2) is 4.79 Å². The number of amides is 2. The molecule has 0 aliphatic carbocycles. The average molecular weight is 635 g/mol. The average Bonchev–Trinajstić information content (AvgIpc) is 2.92. The standard InChI is InChI=1S/C30H30BrF3N2O5/c1-2-3-4-6-19-9-11-20(12-10-19)18-35-27(37)23-14-13-21(25(31)16-23)17-26(36-28(38)29(39)40)22-7-5-8-24(15-22)41-30(32,33)34/h5,7-16,26H,2-4,6,17-18H2,1H3,(H,35,37)(H,36,38)(H,39,40). The molecule has 3 aromatic rings. The summed E-state index contributed by atoms with van der Waals surface area (Å²) in [5, 5.41) is 14.2. The summed E-state index contributed by atoms with van der Waals surface area (Å²) in [6.07, 6.45) is -0.389. The van der Waals surface area contributed by atoms with Crippen molar-refractivity contribution in [2.45, 2.75) is 58.0 Å². The first-order valence-electron chi connectivity index (χ1n) is 13.0. The molecule has 0 heterocycles. The summed E-state index contributed by atoms with van der Waals surface area (Å²) in [7, 11) is 0. The van der Waals surface area contributed by atoms with Crippen molar-refractivity contribution < 1.29 is 37.4 Å². The van der Waals surface area contributed by atoms with E-state index in [4.69, 9.17) is 5.11 Å². The number of benzene rings is 3. The monoisotopic (exact) mass is 634 g/mol. The fraction of sp³-hybridized carbons (Fsp3) is 0.300. The van der Waals surface area contributed by atoms with Crippen molar-refractivity contribution in [1.29, 1.82) is 0 Å². The lowest BCUT2D eigenvalue weighted by atomic mass is 9.97. The van der Waals surface area contributed by atoms with Crippen molar-refractivity contribution in [3.8, 4) is 5.75 Å². The molecule has 218 valence electrons. The third-order valence-corrected chi connectivity index (χ3v) is 7.02. The van der Waals surface area contributed by atoms with E-state index in [2.05, 4.69) is 50.4 Å². The summed E-state index contributed by atoms with van der Waals surface area (Å²) in [5.74, 6) is -3.88. The van der Waals surface area contributed by atoms with E-state index in [0.717, 1.165) is 37.0 Å². The number of carboxylic acid groups (broad SMARTS) is 1. The first-order valence-corrected chi connectivity index (χ1v) is 13.8. The summed E-state index contributed by atoms with van der Waals surface area (Å²) in [6.45, 7) is 2.50. The van der Waals surface area contributed by atoms with Gasteiger partial charge in [-0.15, -0.1) is 13.2 Å². The van der Waals surface area contributed by atoms with Crippen LogP contribution in [0.3, 0.4) is 0 Å². The summed E-state index contributed by atoms with van der Waals surface area (Å²) in [5.41, 5.74) is 3.36. The highest BCUT2D eigenvalue weighted by atomic mass is 79.9. The lowest BCUT2D eigenvalue weighted by Crippen LogP contribution is -2.35. The van der Waals surface area contributed by atoms with Gasteiger partial charge in [0.05, 0.1) is 6.04 Å². The van der Waals surface area contributed by atoms with Crippen LogP contribution < -0.4 is 15.4 Å². The number of alkyl halides is 3. The number of carbonyl (C=O) groups excluding carboxylic acids is 2. The molecule has 1 atom stereocenters. The van der Waals surface area contributed by atoms with Crippen LogP contribution in [0.15, 0.2) is 71.2 Å². The van der Waals surface area contributed by atoms with Crippen molar-refractivity contribution in [2.75, 3.05) is 0 Å². The van der Waals surface area contributed by atoms with Crippen molar-refractivity contribution in [1.82, 2.24) is 10.6 Å². The number of unbranched alkanes of at least 4 members (excludes halogenated alkanes) is 2. The van der Waals surface area contributed by atoms with Crippen LogP contribution in [0, 0.1) is 0 Å². The Morgan fingerprint density at radius 1 is 0.976 bits per heavy atom. The Balaban J connectivity index is 1.70. The molecule has 0 aromatic heterocycles. The molecule has 0 saturated heterocycles. The normalized spacial score (nSPS) is 11.9. The van der Waals surface area contributed by atoms with E-state index in [1.54, 1.807) is 18.2 Å². The Hall–Kier alpha value is -3.86. The van der Waals surface area contributed by atoms with Crippen LogP contribution in [-0.2, 0) is 29.0 Å². The van der Waals surface area contributed by atoms with Gasteiger partial charge in [0.2, 0.25) is 0 Å². The molecule has 11 heteroatoms. The lowest BCUT2D eigenvalue weighted by Gasteiger charge is -2.20. The second-order valence-corrected chi connectivity index (χ2v) is 10.3. The van der Waals surface area contributed by atoms with Crippen LogP contribution in [0.1, 0.15) is 64.8 Å². The van der Waals surface area contributed by atoms with Crippen molar-refractivity contribution in [3.05, 3.63) is 99.0 Å². The molecule has 0 saturated carbocycles. The predicted molar refractivity (Wildman–Crippen MR) is 150 cm³/mol. The highest BCUT2D eigenvalue weighted by Crippen LogP contribution is 2.29. The number of halogens is 4. The second kappa shape index (κ2) is 14.7. The molecule has 2 amide bonds. The Bertz CT molecular complexity index is 1360. The number of aryl methyl sites for hydroxylation is 1. The van der Waals surface area contributed by atoms with Crippen LogP contribution >= 0.6 is 15.9 Å². The van der Waals surface area contributed by atoms with Crippen LogP contribution in [-0.4, -0.2) is 29.3 Å². The molecule has 0 radical (unpaired) electrons. The van der Waals surface area contributed by atoms with E-state index < -0.39 is 30.0 Å². The molecule has 3 rings (SSSR count). The maximum absolute atomic E-state index is 12.8. The van der Waals surface area contributed by atoms with Crippen molar-refractivity contribution >= 4 is 33.7 Å². The molecule has 0 fully saturated rings. The Morgan fingerprint density at radius 3 is 2.32 bits per heavy atom. The van der Waals surface area contributed by atoms with Crippen LogP contribution in [0.25, 0.3) is 0 Å². The van der Waals surface area contributed by atoms with Gasteiger partial charge in [-0.05, 0) is 65.8 Å². The number of ether oxygens (including phenoxy) is 1. The molecule has 0 bridgehead atoms. The fourth-order valence-electron chi connectivity index (χ4n) is 4.16. The molecular formula is C30H30BrF3N2O5. The minimum absolute atomic E-state index is 0.0155. The first kappa shape index (κ1) is 31.7. The summed E-state index contributed by atoms with van der Waals surface area (Å²) >= 11 is 3.41. The first-order chi connectivity index (χ1) is 19.4. The number of hydrogen-bond donors (Lipinski definition) is 3. The summed E-state index contributed by atoms with van der Waals surface area (Å²) in [4.78, 5) is 35.9. The Kier molecular flexibility index (Phi) is 11.3. The number of carboxylic acids is 1. The van der Waals surface area contributed by atoms with E-state index in [1.807, 2.05) is 12.1 Å². The van der Waals surface area contributed by atoms with Gasteiger partial charge in [-0.2, -0.15) is 0 Å². The van der Waals surface area contributed by atoms with Gasteiger partial charge in [0.25, 0.3) is 5.91 Å². The van der Waals surface area contributed by atoms with Crippen LogP contribution in [0.5, 0.6) is 5.75 Å². The molecular weight excluding hydrogens is 605 g/mol. The van der Waals surface area contributed by atoms with E-state index in [1.165, 1.54) is 24.1 Å². The second-order valence-electron chi connectivity index (χ2n) is 9.42. The smallest absolute Gasteiger partial charge is 0.474 e. The molecule has 3 N–H and O–H groups in total. The number of carbonyl (C=O) groups is 3. The molecule has 0 aliphatic rings. The zero-order valence-electron chi connectivity index (χ0n) is 22.3. The minimum atomic E-state index is -4.92. The molecule has 0 aliphatic heterocycles. The number of hydrogen-bond acceptors (Lipinski definition) is 4. The Labute approximate surface area is 244 Å². The van der Waals surface area contributed by atoms with Gasteiger partial charge < -0.3 is 20.5 Å². The minimum Gasteiger partial charge on any atom is -0.474 e. The number of aliphatic carboxylic acids is 1. The van der Waals surface area contributed by atoms with Gasteiger partial charge in [-0.1, -0.05) is 78.2 Å². The maximum Gasteiger partial charge on any atom is 0.573 e. The van der Waals surface area contributed by atoms with E-state index in [0.29, 0.717) is 22.1 Å². The fourth-order valence-corrected chi connectivity index (χ4v) is 4.70. The number of rotatable bonds is 12. The van der Waals surface area contributed by atoms with Crippen LogP contribution in [0.2, 0.25) is 0 Å². The maximum atomic E-state index is 12.8. The molecule has 1 unspecified atom stereocenters. The third-order valence-electron chi connectivity index (χ3n) is 6.28. The van der Waals surface area contributed by atoms with Gasteiger partial charge in [0, 0.05) is 16.6 Å². The molecule has 7 nitrogen and oxygen atoms in total. The molecule has 0 spiro atoms. The predicted octanol–water partition coefficient (Wildman–Crippen LogP) is 6.50. The molecule has 3 aromatic carbocycles. The van der Waals surface area contributed by atoms with Gasteiger partial charge in [-0.3, -0.25) is 9.59 Å². The van der Waals surface area contributed by atoms with Crippen molar-refractivity contribution in [2.24, 2.45) is 0 Å². The lowest BCUT2D eigenvalue weighted by molar-refractivity contribution is -0.274. The topological polar surface area (TPSA) is 105 Å². The highest BCUT2D eigenvalue weighted by molar-refractivity contribution is 9.10. The summed E-state index contributed by atoms with van der Waals surface area (Å²) < 4.78 is 42.6. The van der Waals surface area contributed by atoms with E-state index in [-0.39, 0.29) is 17.9 Å². The molecule has 41 heavy (non-hydrogen) atoms. The quantitative estimate of drug-likeness (QED) is 0.156. The van der Waals surface area contributed by atoms with E-state index in [9.17, 15) is 27.6 Å². The van der Waals surface area contributed by atoms with E-state index >= 15 is 0 Å². The van der Waals surface area contributed by atoms with Crippen LogP contribution in [0.4, 0.5) is 13.2 Å². The number of nitrogens with one attached hydrogen (secondary N) is 2. The SMILES string of the molecule is CCCCCc1ccc(CNC(=O)c2ccc(CC(NC(=O)C(=O)O)c3cccc(OC(F)(F)F)c3)c(Br)c2)cc1. The third kappa shape index (κ3) is 10.2. The van der Waals surface area contributed by atoms with Gasteiger partial charge in [0.1, 0.15) is 5.75 Å². The Morgan fingerprint density at radius 2 is 1.68 bits per heavy atom. The largest absolute Gasteiger partial charge is 0.573 e.